The lowest BCUT2D eigenvalue weighted by Gasteiger charge is -2.54. The molecule has 1 aliphatic heterocycles. The van der Waals surface area contributed by atoms with Crippen molar-refractivity contribution in [1.29, 1.82) is 0 Å². The molecular weight excluding hydrogens is 265 g/mol. The van der Waals surface area contributed by atoms with E-state index in [1.165, 1.54) is 24.6 Å². The van der Waals surface area contributed by atoms with Crippen LogP contribution in [0.4, 0.5) is 4.39 Å². The Kier molecular flexibility index (Phi) is 2.73. The number of aryl methyl sites for hydroxylation is 2. The Bertz CT molecular complexity index is 692. The van der Waals surface area contributed by atoms with Crippen LogP contribution in [-0.2, 0) is 0 Å². The Morgan fingerprint density at radius 3 is 2.67 bits per heavy atom. The minimum Gasteiger partial charge on any atom is -0.316 e. The fourth-order valence-corrected chi connectivity index (χ4v) is 3.74. The van der Waals surface area contributed by atoms with Crippen LogP contribution in [0.2, 0.25) is 0 Å². The lowest BCUT2D eigenvalue weighted by Crippen LogP contribution is -2.60. The molecule has 110 valence electrons. The van der Waals surface area contributed by atoms with E-state index in [0.29, 0.717) is 11.5 Å². The van der Waals surface area contributed by atoms with Gasteiger partial charge in [0.05, 0.1) is 11.7 Å². The highest BCUT2D eigenvalue weighted by molar-refractivity contribution is 5.63. The maximum Gasteiger partial charge on any atom is 0.123 e. The number of halogens is 1. The van der Waals surface area contributed by atoms with Gasteiger partial charge in [0.15, 0.2) is 0 Å². The van der Waals surface area contributed by atoms with Crippen molar-refractivity contribution in [2.45, 2.75) is 32.7 Å². The predicted molar refractivity (Wildman–Crippen MR) is 80.7 cm³/mol. The second-order valence-electron chi connectivity index (χ2n) is 6.74. The Hall–Kier alpha value is -1.68. The molecule has 0 atom stereocenters. The van der Waals surface area contributed by atoms with Crippen molar-refractivity contribution in [3.05, 3.63) is 41.3 Å². The van der Waals surface area contributed by atoms with Gasteiger partial charge in [0.1, 0.15) is 5.82 Å². The van der Waals surface area contributed by atoms with Crippen LogP contribution in [0.3, 0.4) is 0 Å². The van der Waals surface area contributed by atoms with Gasteiger partial charge in [0.2, 0.25) is 0 Å². The molecule has 21 heavy (non-hydrogen) atoms. The molecule has 4 heteroatoms. The molecule has 1 saturated heterocycles. The van der Waals surface area contributed by atoms with Gasteiger partial charge in [0.25, 0.3) is 0 Å². The number of nitrogens with zero attached hydrogens (tertiary/aromatic N) is 2. The third-order valence-corrected chi connectivity index (χ3v) is 5.08. The van der Waals surface area contributed by atoms with Gasteiger partial charge in [0, 0.05) is 24.3 Å². The van der Waals surface area contributed by atoms with E-state index in [4.69, 9.17) is 5.10 Å². The summed E-state index contributed by atoms with van der Waals surface area (Å²) in [5, 5.41) is 8.12. The number of hydrogen-bond donors (Lipinski definition) is 1. The highest BCUT2D eigenvalue weighted by Crippen LogP contribution is 2.51. The summed E-state index contributed by atoms with van der Waals surface area (Å²) in [7, 11) is 0. The SMILES string of the molecule is Cc1ccc(F)cc1-c1cc(C)n(C2CC3(CNC3)C2)n1. The maximum absolute atomic E-state index is 13.5. The zero-order chi connectivity index (χ0) is 14.6. The van der Waals surface area contributed by atoms with Crippen LogP contribution in [-0.4, -0.2) is 22.9 Å². The van der Waals surface area contributed by atoms with Crippen LogP contribution in [0.15, 0.2) is 24.3 Å². The minimum atomic E-state index is -0.203. The molecule has 1 aromatic carbocycles. The van der Waals surface area contributed by atoms with Crippen LogP contribution < -0.4 is 5.32 Å². The molecule has 1 saturated carbocycles. The fourth-order valence-electron chi connectivity index (χ4n) is 3.74. The van der Waals surface area contributed by atoms with Crippen molar-refractivity contribution >= 4 is 0 Å². The van der Waals surface area contributed by atoms with Gasteiger partial charge < -0.3 is 5.32 Å². The second-order valence-corrected chi connectivity index (χ2v) is 6.74. The van der Waals surface area contributed by atoms with Gasteiger partial charge in [-0.2, -0.15) is 5.10 Å². The van der Waals surface area contributed by atoms with Gasteiger partial charge >= 0.3 is 0 Å². The largest absolute Gasteiger partial charge is 0.316 e. The molecule has 1 N–H and O–H groups in total. The smallest absolute Gasteiger partial charge is 0.123 e. The quantitative estimate of drug-likeness (QED) is 0.918. The fraction of sp³-hybridized carbons (Fsp3) is 0.471. The van der Waals surface area contributed by atoms with Crippen molar-refractivity contribution in [3.63, 3.8) is 0 Å². The first kappa shape index (κ1) is 13.0. The van der Waals surface area contributed by atoms with Crippen molar-refractivity contribution in [2.75, 3.05) is 13.1 Å². The molecule has 0 amide bonds. The summed E-state index contributed by atoms with van der Waals surface area (Å²) in [4.78, 5) is 0. The molecular formula is C17H20FN3. The molecule has 2 heterocycles. The van der Waals surface area contributed by atoms with Gasteiger partial charge in [-0.1, -0.05) is 6.07 Å². The van der Waals surface area contributed by atoms with Crippen molar-refractivity contribution in [2.24, 2.45) is 5.41 Å². The Balaban J connectivity index is 1.63. The van der Waals surface area contributed by atoms with E-state index in [1.54, 1.807) is 6.07 Å². The van der Waals surface area contributed by atoms with Gasteiger partial charge in [-0.15, -0.1) is 0 Å². The summed E-state index contributed by atoms with van der Waals surface area (Å²) >= 11 is 0. The van der Waals surface area contributed by atoms with Gasteiger partial charge in [-0.25, -0.2) is 4.39 Å². The summed E-state index contributed by atoms with van der Waals surface area (Å²) in [6.45, 7) is 6.40. The van der Waals surface area contributed by atoms with Crippen LogP contribution in [0.5, 0.6) is 0 Å². The number of hydrogen-bond acceptors (Lipinski definition) is 2. The average molecular weight is 285 g/mol. The summed E-state index contributed by atoms with van der Waals surface area (Å²) < 4.78 is 15.6. The zero-order valence-corrected chi connectivity index (χ0v) is 12.5. The molecule has 1 aromatic heterocycles. The van der Waals surface area contributed by atoms with E-state index < -0.39 is 0 Å². The molecule has 1 aliphatic carbocycles. The van der Waals surface area contributed by atoms with E-state index in [2.05, 4.69) is 23.0 Å². The standard InChI is InChI=1S/C17H20FN3/c1-11-3-4-13(18)6-15(11)16-5-12(2)21(20-16)14-7-17(8-14)9-19-10-17/h3-6,14,19H,7-10H2,1-2H3. The highest BCUT2D eigenvalue weighted by Gasteiger charge is 2.49. The van der Waals surface area contributed by atoms with Crippen LogP contribution in [0, 0.1) is 25.1 Å². The molecule has 4 rings (SSSR count). The third kappa shape index (κ3) is 2.01. The predicted octanol–water partition coefficient (Wildman–Crippen LogP) is 3.23. The number of aromatic nitrogens is 2. The number of rotatable bonds is 2. The average Bonchev–Trinajstić information content (AvgIpc) is 2.71. The van der Waals surface area contributed by atoms with E-state index in [0.717, 1.165) is 29.9 Å². The summed E-state index contributed by atoms with van der Waals surface area (Å²) in [5.41, 5.74) is 4.56. The lowest BCUT2D eigenvalue weighted by molar-refractivity contribution is 0.00162. The molecule has 0 radical (unpaired) electrons. The van der Waals surface area contributed by atoms with Crippen molar-refractivity contribution < 1.29 is 4.39 Å². The van der Waals surface area contributed by atoms with Gasteiger partial charge in [-0.3, -0.25) is 4.68 Å². The van der Waals surface area contributed by atoms with E-state index in [9.17, 15) is 4.39 Å². The second kappa shape index (κ2) is 4.41. The molecule has 2 fully saturated rings. The Morgan fingerprint density at radius 2 is 2.00 bits per heavy atom. The van der Waals surface area contributed by atoms with Crippen LogP contribution >= 0.6 is 0 Å². The Morgan fingerprint density at radius 1 is 1.24 bits per heavy atom. The van der Waals surface area contributed by atoms with Crippen LogP contribution in [0.1, 0.15) is 30.1 Å². The normalized spacial score (nSPS) is 20.3. The topological polar surface area (TPSA) is 29.9 Å². The highest BCUT2D eigenvalue weighted by atomic mass is 19.1. The maximum atomic E-state index is 13.5. The minimum absolute atomic E-state index is 0.203. The van der Waals surface area contributed by atoms with Crippen LogP contribution in [0.25, 0.3) is 11.3 Å². The first-order chi connectivity index (χ1) is 10.1. The number of benzene rings is 1. The van der Waals surface area contributed by atoms with Gasteiger partial charge in [-0.05, 0) is 55.9 Å². The summed E-state index contributed by atoms with van der Waals surface area (Å²) in [6.07, 6.45) is 2.42. The first-order valence-corrected chi connectivity index (χ1v) is 7.60. The van der Waals surface area contributed by atoms with E-state index in [-0.39, 0.29) is 5.82 Å². The Labute approximate surface area is 124 Å². The molecule has 1 spiro atoms. The van der Waals surface area contributed by atoms with Crippen molar-refractivity contribution in [3.8, 4) is 11.3 Å². The monoisotopic (exact) mass is 285 g/mol. The molecule has 2 aliphatic rings. The van der Waals surface area contributed by atoms with E-state index in [1.807, 2.05) is 13.0 Å². The van der Waals surface area contributed by atoms with E-state index >= 15 is 0 Å². The zero-order valence-electron chi connectivity index (χ0n) is 12.5. The third-order valence-electron chi connectivity index (χ3n) is 5.08. The molecule has 3 nitrogen and oxygen atoms in total. The molecule has 0 unspecified atom stereocenters. The molecule has 2 aromatic rings. The number of nitrogens with one attached hydrogen (secondary N) is 1. The summed E-state index contributed by atoms with van der Waals surface area (Å²) in [5.74, 6) is -0.203. The molecule has 0 bridgehead atoms. The van der Waals surface area contributed by atoms with Crippen molar-refractivity contribution in [1.82, 2.24) is 15.1 Å². The first-order valence-electron chi connectivity index (χ1n) is 7.60. The summed E-state index contributed by atoms with van der Waals surface area (Å²) in [6, 6.07) is 7.49. The lowest BCUT2D eigenvalue weighted by atomic mass is 9.62.